The Hall–Kier alpha value is -2.07. The van der Waals surface area contributed by atoms with Gasteiger partial charge in [0, 0.05) is 12.2 Å². The number of pyridine rings is 1. The highest BCUT2D eigenvalue weighted by atomic mass is 16.3. The molecule has 0 aliphatic rings. The molecule has 88 valence electrons. The highest BCUT2D eigenvalue weighted by molar-refractivity contribution is 5.46. The van der Waals surface area contributed by atoms with Gasteiger partial charge in [-0.2, -0.15) is 0 Å². The van der Waals surface area contributed by atoms with E-state index in [-0.39, 0.29) is 5.75 Å². The highest BCUT2D eigenvalue weighted by Gasteiger charge is 1.97. The third-order valence-electron chi connectivity index (χ3n) is 2.41. The predicted octanol–water partition coefficient (Wildman–Crippen LogP) is 1.86. The first-order chi connectivity index (χ1) is 8.28. The van der Waals surface area contributed by atoms with Gasteiger partial charge in [-0.3, -0.25) is 4.98 Å². The van der Waals surface area contributed by atoms with Gasteiger partial charge in [-0.05, 0) is 36.4 Å². The van der Waals surface area contributed by atoms with Crippen LogP contribution in [0.2, 0.25) is 0 Å². The van der Waals surface area contributed by atoms with Gasteiger partial charge in [0.1, 0.15) is 5.75 Å². The third-order valence-corrected chi connectivity index (χ3v) is 2.41. The lowest BCUT2D eigenvalue weighted by Gasteiger charge is -2.07. The van der Waals surface area contributed by atoms with Gasteiger partial charge in [0.05, 0.1) is 17.9 Å². The van der Waals surface area contributed by atoms with Crippen LogP contribution < -0.4 is 11.1 Å². The monoisotopic (exact) mass is 229 g/mol. The molecule has 4 nitrogen and oxygen atoms in total. The van der Waals surface area contributed by atoms with E-state index in [0.717, 1.165) is 17.1 Å². The fourth-order valence-corrected chi connectivity index (χ4v) is 1.51. The molecule has 0 unspecified atom stereocenters. The van der Waals surface area contributed by atoms with Crippen molar-refractivity contribution in [3.05, 3.63) is 53.9 Å². The first-order valence-corrected chi connectivity index (χ1v) is 5.46. The molecule has 0 bridgehead atoms. The maximum absolute atomic E-state index is 9.16. The average molecular weight is 229 g/mol. The molecule has 4 N–H and O–H groups in total. The van der Waals surface area contributed by atoms with Crippen molar-refractivity contribution in [3.8, 4) is 5.75 Å². The zero-order valence-corrected chi connectivity index (χ0v) is 9.43. The molecule has 0 atom stereocenters. The Labute approximate surface area is 100 Å². The van der Waals surface area contributed by atoms with Crippen LogP contribution in [0, 0.1) is 0 Å². The number of benzene rings is 1. The second kappa shape index (κ2) is 5.32. The topological polar surface area (TPSA) is 71.2 Å². The summed E-state index contributed by atoms with van der Waals surface area (Å²) in [5.41, 5.74) is 8.31. The van der Waals surface area contributed by atoms with E-state index in [1.807, 2.05) is 30.3 Å². The molecule has 0 aliphatic heterocycles. The van der Waals surface area contributed by atoms with E-state index < -0.39 is 0 Å². The molecular formula is C13H15N3O. The summed E-state index contributed by atoms with van der Waals surface area (Å²) in [4.78, 5) is 4.39. The first-order valence-electron chi connectivity index (χ1n) is 5.46. The Morgan fingerprint density at radius 2 is 1.76 bits per heavy atom. The lowest BCUT2D eigenvalue weighted by Crippen LogP contribution is -2.05. The minimum atomic E-state index is 0.263. The molecule has 0 radical (unpaired) electrons. The zero-order valence-electron chi connectivity index (χ0n) is 9.43. The number of nitrogens with zero attached hydrogens (tertiary/aromatic N) is 1. The van der Waals surface area contributed by atoms with Crippen LogP contribution >= 0.6 is 0 Å². The van der Waals surface area contributed by atoms with E-state index in [1.165, 1.54) is 0 Å². The Morgan fingerprint density at radius 1 is 1.06 bits per heavy atom. The van der Waals surface area contributed by atoms with Crippen molar-refractivity contribution >= 4 is 5.69 Å². The second-order valence-corrected chi connectivity index (χ2v) is 3.72. The fourth-order valence-electron chi connectivity index (χ4n) is 1.51. The maximum Gasteiger partial charge on any atom is 0.115 e. The van der Waals surface area contributed by atoms with Crippen molar-refractivity contribution in [1.82, 2.24) is 4.98 Å². The van der Waals surface area contributed by atoms with E-state index in [4.69, 9.17) is 10.8 Å². The van der Waals surface area contributed by atoms with E-state index >= 15 is 0 Å². The van der Waals surface area contributed by atoms with Crippen LogP contribution in [-0.2, 0) is 13.1 Å². The van der Waals surface area contributed by atoms with Crippen molar-refractivity contribution in [2.75, 3.05) is 5.32 Å². The molecule has 2 rings (SSSR count). The fraction of sp³-hybridized carbons (Fsp3) is 0.154. The molecule has 4 heteroatoms. The third kappa shape index (κ3) is 3.19. The summed E-state index contributed by atoms with van der Waals surface area (Å²) >= 11 is 0. The van der Waals surface area contributed by atoms with Crippen LogP contribution in [0.4, 0.5) is 5.69 Å². The number of aromatic hydroxyl groups is 1. The van der Waals surface area contributed by atoms with E-state index in [2.05, 4.69) is 10.3 Å². The molecule has 0 amide bonds. The quantitative estimate of drug-likeness (QED) is 0.700. The number of anilines is 1. The molecule has 1 heterocycles. The number of nitrogens with two attached hydrogens (primary N) is 1. The number of aromatic nitrogens is 1. The van der Waals surface area contributed by atoms with E-state index in [0.29, 0.717) is 13.1 Å². The van der Waals surface area contributed by atoms with Crippen LogP contribution in [0.1, 0.15) is 11.4 Å². The molecular weight excluding hydrogens is 214 g/mol. The summed E-state index contributed by atoms with van der Waals surface area (Å²) in [5.74, 6) is 0.263. The van der Waals surface area contributed by atoms with Crippen molar-refractivity contribution in [2.45, 2.75) is 13.1 Å². The minimum absolute atomic E-state index is 0.263. The summed E-state index contributed by atoms with van der Waals surface area (Å²) in [6.45, 7) is 1.09. The summed E-state index contributed by atoms with van der Waals surface area (Å²) in [7, 11) is 0. The van der Waals surface area contributed by atoms with Crippen molar-refractivity contribution in [2.24, 2.45) is 5.73 Å². The summed E-state index contributed by atoms with van der Waals surface area (Å²) in [5, 5.41) is 12.4. The molecule has 0 saturated carbocycles. The number of hydrogen-bond donors (Lipinski definition) is 3. The summed E-state index contributed by atoms with van der Waals surface area (Å²) in [6, 6.07) is 12.7. The predicted molar refractivity (Wildman–Crippen MR) is 67.6 cm³/mol. The van der Waals surface area contributed by atoms with E-state index in [1.54, 1.807) is 12.1 Å². The SMILES string of the molecule is NCc1cccc(CNc2ccc(O)cc2)n1. The molecule has 1 aromatic carbocycles. The lowest BCUT2D eigenvalue weighted by atomic mass is 10.2. The van der Waals surface area contributed by atoms with Crippen molar-refractivity contribution in [3.63, 3.8) is 0 Å². The summed E-state index contributed by atoms with van der Waals surface area (Å²) < 4.78 is 0. The highest BCUT2D eigenvalue weighted by Crippen LogP contribution is 2.14. The number of hydrogen-bond acceptors (Lipinski definition) is 4. The summed E-state index contributed by atoms with van der Waals surface area (Å²) in [6.07, 6.45) is 0. The normalized spacial score (nSPS) is 10.2. The van der Waals surface area contributed by atoms with Gasteiger partial charge in [-0.25, -0.2) is 0 Å². The largest absolute Gasteiger partial charge is 0.508 e. The van der Waals surface area contributed by atoms with Crippen LogP contribution in [0.15, 0.2) is 42.5 Å². The first kappa shape index (κ1) is 11.4. The molecule has 17 heavy (non-hydrogen) atoms. The Balaban J connectivity index is 1.99. The lowest BCUT2D eigenvalue weighted by molar-refractivity contribution is 0.475. The Morgan fingerprint density at radius 3 is 2.47 bits per heavy atom. The number of nitrogens with one attached hydrogen (secondary N) is 1. The standard InChI is InChI=1S/C13H15N3O/c14-8-11-2-1-3-12(16-11)9-15-10-4-6-13(17)7-5-10/h1-7,15,17H,8-9,14H2. The van der Waals surface area contributed by atoms with E-state index in [9.17, 15) is 0 Å². The van der Waals surface area contributed by atoms with Gasteiger partial charge >= 0.3 is 0 Å². The second-order valence-electron chi connectivity index (χ2n) is 3.72. The molecule has 1 aromatic heterocycles. The molecule has 0 aliphatic carbocycles. The molecule has 2 aromatic rings. The van der Waals surface area contributed by atoms with Gasteiger partial charge in [0.25, 0.3) is 0 Å². The van der Waals surface area contributed by atoms with Gasteiger partial charge in [-0.1, -0.05) is 6.07 Å². The average Bonchev–Trinajstić information content (AvgIpc) is 2.38. The van der Waals surface area contributed by atoms with Crippen molar-refractivity contribution in [1.29, 1.82) is 0 Å². The van der Waals surface area contributed by atoms with Crippen molar-refractivity contribution < 1.29 is 5.11 Å². The smallest absolute Gasteiger partial charge is 0.115 e. The molecule has 0 saturated heterocycles. The molecule has 0 spiro atoms. The number of rotatable bonds is 4. The van der Waals surface area contributed by atoms with Gasteiger partial charge < -0.3 is 16.2 Å². The number of phenolic OH excluding ortho intramolecular Hbond substituents is 1. The minimum Gasteiger partial charge on any atom is -0.508 e. The number of phenols is 1. The van der Waals surface area contributed by atoms with Gasteiger partial charge in [0.15, 0.2) is 0 Å². The Kier molecular flexibility index (Phi) is 3.57. The van der Waals surface area contributed by atoms with Gasteiger partial charge in [-0.15, -0.1) is 0 Å². The van der Waals surface area contributed by atoms with Crippen LogP contribution in [0.5, 0.6) is 5.75 Å². The zero-order chi connectivity index (χ0) is 12.1. The molecule has 0 fully saturated rings. The maximum atomic E-state index is 9.16. The van der Waals surface area contributed by atoms with Crippen LogP contribution in [0.25, 0.3) is 0 Å². The van der Waals surface area contributed by atoms with Crippen LogP contribution in [0.3, 0.4) is 0 Å². The van der Waals surface area contributed by atoms with Gasteiger partial charge in [0.2, 0.25) is 0 Å². The van der Waals surface area contributed by atoms with Crippen LogP contribution in [-0.4, -0.2) is 10.1 Å². The Bertz CT molecular complexity index is 482.